The Balaban J connectivity index is 1.65. The minimum absolute atomic E-state index is 0.129. The Labute approximate surface area is 184 Å². The van der Waals surface area contributed by atoms with Gasteiger partial charge in [-0.3, -0.25) is 4.98 Å². The van der Waals surface area contributed by atoms with Gasteiger partial charge in [0, 0.05) is 16.9 Å². The van der Waals surface area contributed by atoms with Gasteiger partial charge in [-0.2, -0.15) is 0 Å². The number of aryl methyl sites for hydroxylation is 1. The van der Waals surface area contributed by atoms with Crippen molar-refractivity contribution in [1.29, 1.82) is 0 Å². The second kappa shape index (κ2) is 8.12. The van der Waals surface area contributed by atoms with Crippen molar-refractivity contribution in [3.05, 3.63) is 58.9 Å². The summed E-state index contributed by atoms with van der Waals surface area (Å²) in [5.41, 5.74) is 3.01. The van der Waals surface area contributed by atoms with Crippen molar-refractivity contribution in [2.24, 2.45) is 9.50 Å². The van der Waals surface area contributed by atoms with E-state index in [1.165, 1.54) is 6.20 Å². The minimum Gasteiger partial charge on any atom is -0.383 e. The van der Waals surface area contributed by atoms with Crippen LogP contribution in [0.4, 0.5) is 10.5 Å². The van der Waals surface area contributed by atoms with Crippen molar-refractivity contribution in [3.63, 3.8) is 0 Å². The fraction of sp³-hybridized carbons (Fsp3) is 0.286. The number of rotatable bonds is 4. The van der Waals surface area contributed by atoms with Gasteiger partial charge in [0.25, 0.3) is 0 Å². The molecular formula is C21H23N5O3S2. The quantitative estimate of drug-likeness (QED) is 0.548. The molecule has 2 aromatic heterocycles. The highest BCUT2D eigenvalue weighted by Gasteiger charge is 2.24. The smallest absolute Gasteiger partial charge is 0.354 e. The third kappa shape index (κ3) is 4.67. The number of carbonyl (C=O) groups excluding carboxylic acids is 1. The second-order valence-electron chi connectivity index (χ2n) is 7.83. The Kier molecular flexibility index (Phi) is 5.65. The Bertz CT molecular complexity index is 1260. The van der Waals surface area contributed by atoms with Gasteiger partial charge in [-0.1, -0.05) is 30.3 Å². The zero-order valence-electron chi connectivity index (χ0n) is 17.2. The van der Waals surface area contributed by atoms with E-state index >= 15 is 0 Å². The second-order valence-corrected chi connectivity index (χ2v) is 10.9. The Hall–Kier alpha value is -2.66. The van der Waals surface area contributed by atoms with E-state index in [1.807, 2.05) is 36.4 Å². The number of thiazole rings is 1. The summed E-state index contributed by atoms with van der Waals surface area (Å²) in [6.07, 6.45) is 3.88. The van der Waals surface area contributed by atoms with E-state index < -0.39 is 21.5 Å². The maximum Gasteiger partial charge on any atom is 0.354 e. The maximum absolute atomic E-state index is 12.9. The number of amides is 2. The van der Waals surface area contributed by atoms with E-state index in [9.17, 15) is 14.1 Å². The van der Waals surface area contributed by atoms with Crippen molar-refractivity contribution in [2.75, 3.05) is 5.32 Å². The van der Waals surface area contributed by atoms with Crippen molar-refractivity contribution in [1.82, 2.24) is 9.97 Å². The molecule has 1 aliphatic carbocycles. The molecule has 1 atom stereocenters. The third-order valence-electron chi connectivity index (χ3n) is 4.88. The van der Waals surface area contributed by atoms with Gasteiger partial charge in [-0.25, -0.2) is 19.1 Å². The molecule has 0 saturated carbocycles. The molecule has 4 rings (SSSR count). The molecule has 0 bridgehead atoms. The Morgan fingerprint density at radius 1 is 1.29 bits per heavy atom. The average molecular weight is 458 g/mol. The lowest BCUT2D eigenvalue weighted by atomic mass is 10.1. The van der Waals surface area contributed by atoms with Gasteiger partial charge < -0.3 is 10.4 Å². The molecule has 162 valence electrons. The lowest BCUT2D eigenvalue weighted by Gasteiger charge is -2.12. The highest BCUT2D eigenvalue weighted by Crippen LogP contribution is 2.32. The number of nitrogens with one attached hydrogen (secondary N) is 1. The van der Waals surface area contributed by atoms with Crippen molar-refractivity contribution < 1.29 is 14.1 Å². The SMILES string of the molecule is CC(C)(O)c1ncc([S@@](N)(=O)=NC(=O)Nc2cc(-c3ccccc3)nc3c2CCC3)s1. The van der Waals surface area contributed by atoms with Crippen molar-refractivity contribution in [3.8, 4) is 11.3 Å². The van der Waals surface area contributed by atoms with Crippen LogP contribution in [0, 0.1) is 0 Å². The van der Waals surface area contributed by atoms with Crippen LogP contribution in [-0.2, 0) is 28.4 Å². The van der Waals surface area contributed by atoms with Gasteiger partial charge in [-0.05, 0) is 44.7 Å². The standard InChI is InChI=1S/C21H23N5O3S2/c1-21(2,28)19-23-12-18(30-19)31(22,29)26-20(27)25-17-11-16(13-7-4-3-5-8-13)24-15-10-6-9-14(15)17/h3-5,7-8,11-12,28H,6,9-10H2,1-2H3,(H3,22,24,25,26,27,29)/t31-/m0/s1. The number of nitrogens with two attached hydrogens (primary N) is 1. The number of fused-ring (bicyclic) bond motifs is 1. The first kappa shape index (κ1) is 21.6. The van der Waals surface area contributed by atoms with Crippen LogP contribution in [0.5, 0.6) is 0 Å². The fourth-order valence-corrected chi connectivity index (χ4v) is 5.46. The van der Waals surface area contributed by atoms with Crippen LogP contribution >= 0.6 is 11.3 Å². The van der Waals surface area contributed by atoms with E-state index in [-0.39, 0.29) is 4.21 Å². The number of urea groups is 1. The molecule has 31 heavy (non-hydrogen) atoms. The Morgan fingerprint density at radius 3 is 2.71 bits per heavy atom. The summed E-state index contributed by atoms with van der Waals surface area (Å²) in [5.74, 6) is 0. The molecule has 10 heteroatoms. The molecule has 0 unspecified atom stereocenters. The van der Waals surface area contributed by atoms with Crippen molar-refractivity contribution >= 4 is 33.0 Å². The van der Waals surface area contributed by atoms with Gasteiger partial charge in [0.05, 0.1) is 11.9 Å². The summed E-state index contributed by atoms with van der Waals surface area (Å²) in [6, 6.07) is 10.7. The molecule has 8 nitrogen and oxygen atoms in total. The first-order valence-corrected chi connectivity index (χ1v) is 12.2. The number of pyridine rings is 1. The molecule has 2 heterocycles. The molecular weight excluding hydrogens is 434 g/mol. The predicted molar refractivity (Wildman–Crippen MR) is 121 cm³/mol. The Morgan fingerprint density at radius 2 is 2.03 bits per heavy atom. The normalized spacial score (nSPS) is 15.2. The topological polar surface area (TPSA) is 131 Å². The van der Waals surface area contributed by atoms with Gasteiger partial charge in [0.1, 0.15) is 14.8 Å². The van der Waals surface area contributed by atoms with E-state index in [0.717, 1.165) is 53.1 Å². The monoisotopic (exact) mass is 457 g/mol. The van der Waals surface area contributed by atoms with Crippen LogP contribution in [0.1, 0.15) is 36.5 Å². The van der Waals surface area contributed by atoms with Crippen LogP contribution in [0.3, 0.4) is 0 Å². The van der Waals surface area contributed by atoms with Gasteiger partial charge in [0.2, 0.25) is 0 Å². The van der Waals surface area contributed by atoms with Gasteiger partial charge in [-0.15, -0.1) is 15.7 Å². The molecule has 0 saturated heterocycles. The van der Waals surface area contributed by atoms with Crippen molar-refractivity contribution in [2.45, 2.75) is 42.9 Å². The van der Waals surface area contributed by atoms with Crippen LogP contribution < -0.4 is 10.5 Å². The molecule has 0 fully saturated rings. The lowest BCUT2D eigenvalue weighted by molar-refractivity contribution is 0.0783. The molecule has 1 aliphatic rings. The number of carbonyl (C=O) groups is 1. The number of benzene rings is 1. The molecule has 0 radical (unpaired) electrons. The molecule has 0 spiro atoms. The van der Waals surface area contributed by atoms with E-state index in [4.69, 9.17) is 10.1 Å². The van der Waals surface area contributed by atoms with Crippen LogP contribution in [0.2, 0.25) is 0 Å². The van der Waals surface area contributed by atoms with E-state index in [1.54, 1.807) is 13.8 Å². The number of hydrogen-bond acceptors (Lipinski definition) is 6. The van der Waals surface area contributed by atoms with Crippen LogP contribution in [-0.4, -0.2) is 25.3 Å². The summed E-state index contributed by atoms with van der Waals surface area (Å²) in [4.78, 5) is 21.4. The molecule has 4 N–H and O–H groups in total. The summed E-state index contributed by atoms with van der Waals surface area (Å²) < 4.78 is 16.7. The number of nitrogens with zero attached hydrogens (tertiary/aromatic N) is 3. The lowest BCUT2D eigenvalue weighted by Crippen LogP contribution is -2.17. The van der Waals surface area contributed by atoms with Crippen LogP contribution in [0.25, 0.3) is 11.3 Å². The third-order valence-corrected chi connectivity index (χ3v) is 8.07. The number of aliphatic hydroxyl groups is 1. The zero-order chi connectivity index (χ0) is 22.2. The first-order valence-electron chi connectivity index (χ1n) is 9.76. The van der Waals surface area contributed by atoms with Gasteiger partial charge >= 0.3 is 6.03 Å². The summed E-state index contributed by atoms with van der Waals surface area (Å²) >= 11 is 0.970. The maximum atomic E-state index is 12.9. The predicted octanol–water partition coefficient (Wildman–Crippen LogP) is 3.85. The summed E-state index contributed by atoms with van der Waals surface area (Å²) in [6.45, 7) is 3.12. The molecule has 1 aromatic carbocycles. The molecule has 2 amide bonds. The molecule has 0 aliphatic heterocycles. The molecule has 3 aromatic rings. The highest BCUT2D eigenvalue weighted by molar-refractivity contribution is 7.93. The summed E-state index contributed by atoms with van der Waals surface area (Å²) in [7, 11) is -3.50. The highest BCUT2D eigenvalue weighted by atomic mass is 32.2. The van der Waals surface area contributed by atoms with Crippen LogP contribution in [0.15, 0.2) is 51.2 Å². The number of hydrogen-bond donors (Lipinski definition) is 3. The van der Waals surface area contributed by atoms with E-state index in [2.05, 4.69) is 14.7 Å². The summed E-state index contributed by atoms with van der Waals surface area (Å²) in [5, 5.41) is 19.0. The van der Waals surface area contributed by atoms with E-state index in [0.29, 0.717) is 10.7 Å². The van der Waals surface area contributed by atoms with Gasteiger partial charge in [0.15, 0.2) is 9.92 Å². The number of anilines is 1. The number of aromatic nitrogens is 2. The largest absolute Gasteiger partial charge is 0.383 e. The minimum atomic E-state index is -3.50. The zero-order valence-corrected chi connectivity index (χ0v) is 18.8. The average Bonchev–Trinajstić information content (AvgIpc) is 3.38. The fourth-order valence-electron chi connectivity index (χ4n) is 3.39. The first-order chi connectivity index (χ1) is 14.6.